The van der Waals surface area contributed by atoms with Crippen LogP contribution in [0, 0.1) is 28.4 Å². The van der Waals surface area contributed by atoms with Crippen molar-refractivity contribution in [2.24, 2.45) is 0 Å². The fourth-order valence-corrected chi connectivity index (χ4v) is 1.73. The number of nitro benzene ring substituents is 1. The van der Waals surface area contributed by atoms with Gasteiger partial charge in [0.25, 0.3) is 0 Å². The normalized spacial score (nSPS) is 9.71. The van der Waals surface area contributed by atoms with Gasteiger partial charge in [-0.1, -0.05) is 12.1 Å². The summed E-state index contributed by atoms with van der Waals surface area (Å²) in [4.78, 5) is 21.2. The summed E-state index contributed by atoms with van der Waals surface area (Å²) < 4.78 is 5.53. The van der Waals surface area contributed by atoms with E-state index in [4.69, 9.17) is 10.00 Å². The van der Waals surface area contributed by atoms with E-state index in [9.17, 15) is 14.9 Å². The first kappa shape index (κ1) is 14.2. The quantitative estimate of drug-likeness (QED) is 0.486. The molecule has 0 aliphatic carbocycles. The molecule has 0 heterocycles. The Balaban J connectivity index is 2.47. The molecule has 0 fully saturated rings. The number of nitriles is 1. The number of ether oxygens (including phenoxy) is 1. The minimum atomic E-state index is -0.616. The minimum Gasteiger partial charge on any atom is -0.450 e. The first-order chi connectivity index (χ1) is 10.0. The van der Waals surface area contributed by atoms with Crippen molar-refractivity contribution in [3.8, 4) is 17.6 Å². The second kappa shape index (κ2) is 5.84. The third-order valence-electron chi connectivity index (χ3n) is 2.85. The van der Waals surface area contributed by atoms with Crippen LogP contribution in [0.1, 0.15) is 21.5 Å². The Morgan fingerprint density at radius 1 is 1.24 bits per heavy atom. The maximum atomic E-state index is 11.0. The van der Waals surface area contributed by atoms with Gasteiger partial charge in [-0.05, 0) is 30.7 Å². The van der Waals surface area contributed by atoms with Crippen LogP contribution in [-0.2, 0) is 0 Å². The zero-order valence-corrected chi connectivity index (χ0v) is 11.1. The van der Waals surface area contributed by atoms with Crippen molar-refractivity contribution in [1.29, 1.82) is 5.26 Å². The van der Waals surface area contributed by atoms with Crippen molar-refractivity contribution in [3.05, 3.63) is 63.2 Å². The van der Waals surface area contributed by atoms with Crippen LogP contribution in [0.25, 0.3) is 0 Å². The number of nitrogens with zero attached hydrogens (tertiary/aromatic N) is 2. The fourth-order valence-electron chi connectivity index (χ4n) is 1.73. The summed E-state index contributed by atoms with van der Waals surface area (Å²) >= 11 is 0. The molecular weight excluding hydrogens is 272 g/mol. The monoisotopic (exact) mass is 282 g/mol. The lowest BCUT2D eigenvalue weighted by Crippen LogP contribution is -1.96. The van der Waals surface area contributed by atoms with E-state index >= 15 is 0 Å². The molecule has 21 heavy (non-hydrogen) atoms. The van der Waals surface area contributed by atoms with Crippen LogP contribution in [0.15, 0.2) is 36.4 Å². The van der Waals surface area contributed by atoms with Crippen molar-refractivity contribution in [2.45, 2.75) is 6.92 Å². The maximum Gasteiger partial charge on any atom is 0.312 e. The predicted molar refractivity (Wildman–Crippen MR) is 74.5 cm³/mol. The molecule has 0 saturated carbocycles. The van der Waals surface area contributed by atoms with Crippen LogP contribution in [0.5, 0.6) is 11.5 Å². The molecule has 0 amide bonds. The van der Waals surface area contributed by atoms with Crippen molar-refractivity contribution < 1.29 is 14.5 Å². The van der Waals surface area contributed by atoms with E-state index in [-0.39, 0.29) is 17.0 Å². The number of aldehydes is 1. The molecule has 0 aliphatic heterocycles. The van der Waals surface area contributed by atoms with E-state index in [1.165, 1.54) is 18.2 Å². The number of aryl methyl sites for hydroxylation is 1. The highest BCUT2D eigenvalue weighted by Crippen LogP contribution is 2.33. The first-order valence-electron chi connectivity index (χ1n) is 5.97. The summed E-state index contributed by atoms with van der Waals surface area (Å²) in [6, 6.07) is 10.6. The van der Waals surface area contributed by atoms with E-state index in [1.54, 1.807) is 19.1 Å². The molecular formula is C15H10N2O4. The molecule has 2 aromatic rings. The highest BCUT2D eigenvalue weighted by molar-refractivity contribution is 5.76. The van der Waals surface area contributed by atoms with Gasteiger partial charge < -0.3 is 4.74 Å². The van der Waals surface area contributed by atoms with Crippen LogP contribution in [0.3, 0.4) is 0 Å². The third kappa shape index (κ3) is 3.04. The lowest BCUT2D eigenvalue weighted by molar-refractivity contribution is -0.385. The Labute approximate surface area is 120 Å². The lowest BCUT2D eigenvalue weighted by Gasteiger charge is -2.09. The third-order valence-corrected chi connectivity index (χ3v) is 2.85. The van der Waals surface area contributed by atoms with Gasteiger partial charge in [-0.3, -0.25) is 14.9 Å². The van der Waals surface area contributed by atoms with Gasteiger partial charge in [-0.15, -0.1) is 0 Å². The van der Waals surface area contributed by atoms with Gasteiger partial charge in [0.1, 0.15) is 12.0 Å². The topological polar surface area (TPSA) is 93.2 Å². The van der Waals surface area contributed by atoms with Gasteiger partial charge in [-0.2, -0.15) is 5.26 Å². The molecule has 0 aliphatic rings. The van der Waals surface area contributed by atoms with Gasteiger partial charge >= 0.3 is 5.69 Å². The van der Waals surface area contributed by atoms with E-state index in [2.05, 4.69) is 0 Å². The highest BCUT2D eigenvalue weighted by Gasteiger charge is 2.17. The molecule has 104 valence electrons. The van der Waals surface area contributed by atoms with Crippen LogP contribution >= 0.6 is 0 Å². The summed E-state index contributed by atoms with van der Waals surface area (Å²) in [5.41, 5.74) is 1.02. The van der Waals surface area contributed by atoms with E-state index in [1.807, 2.05) is 6.07 Å². The molecule has 0 radical (unpaired) electrons. The SMILES string of the molecule is Cc1ccc(C=O)cc1Oc1ccc(C#N)cc1[N+](=O)[O-]. The molecule has 0 atom stereocenters. The van der Waals surface area contributed by atoms with Crippen molar-refractivity contribution in [3.63, 3.8) is 0 Å². The summed E-state index contributed by atoms with van der Waals surface area (Å²) in [6.07, 6.45) is 0.666. The minimum absolute atomic E-state index is 0.0187. The number of carbonyl (C=O) groups is 1. The van der Waals surface area contributed by atoms with E-state index < -0.39 is 4.92 Å². The van der Waals surface area contributed by atoms with E-state index in [0.29, 0.717) is 17.6 Å². The molecule has 0 bridgehead atoms. The Bertz CT molecular complexity index is 763. The number of benzene rings is 2. The molecule has 2 aromatic carbocycles. The van der Waals surface area contributed by atoms with Crippen LogP contribution < -0.4 is 4.74 Å². The second-order valence-corrected chi connectivity index (χ2v) is 4.30. The average molecular weight is 282 g/mol. The Morgan fingerprint density at radius 2 is 2.00 bits per heavy atom. The highest BCUT2D eigenvalue weighted by atomic mass is 16.6. The van der Waals surface area contributed by atoms with Crippen molar-refractivity contribution in [2.75, 3.05) is 0 Å². The Kier molecular flexibility index (Phi) is 3.95. The molecule has 0 N–H and O–H groups in total. The smallest absolute Gasteiger partial charge is 0.312 e. The van der Waals surface area contributed by atoms with Crippen molar-refractivity contribution >= 4 is 12.0 Å². The summed E-state index contributed by atoms with van der Waals surface area (Å²) in [7, 11) is 0. The zero-order valence-electron chi connectivity index (χ0n) is 11.1. The summed E-state index contributed by atoms with van der Waals surface area (Å²) in [5.74, 6) is 0.373. The van der Waals surface area contributed by atoms with Crippen molar-refractivity contribution in [1.82, 2.24) is 0 Å². The maximum absolute atomic E-state index is 11.0. The number of carbonyl (C=O) groups excluding carboxylic acids is 1. The standard InChI is InChI=1S/C15H10N2O4/c1-10-2-3-12(9-18)7-15(10)21-14-5-4-11(8-16)6-13(14)17(19)20/h2-7,9H,1H3. The number of nitro groups is 1. The van der Waals surface area contributed by atoms with Crippen LogP contribution in [-0.4, -0.2) is 11.2 Å². The number of rotatable bonds is 4. The largest absolute Gasteiger partial charge is 0.450 e. The predicted octanol–water partition coefficient (Wildman–Crippen LogP) is 3.38. The van der Waals surface area contributed by atoms with Gasteiger partial charge in [-0.25, -0.2) is 0 Å². The average Bonchev–Trinajstić information content (AvgIpc) is 2.49. The lowest BCUT2D eigenvalue weighted by atomic mass is 10.1. The molecule has 6 nitrogen and oxygen atoms in total. The molecule has 2 rings (SSSR count). The van der Waals surface area contributed by atoms with Gasteiger partial charge in [0.2, 0.25) is 5.75 Å². The molecule has 0 saturated heterocycles. The molecule has 0 spiro atoms. The van der Waals surface area contributed by atoms with Gasteiger partial charge in [0.05, 0.1) is 16.6 Å². The van der Waals surface area contributed by atoms with Crippen LogP contribution in [0.2, 0.25) is 0 Å². The fraction of sp³-hybridized carbons (Fsp3) is 0.0667. The van der Waals surface area contributed by atoms with Gasteiger partial charge in [0, 0.05) is 11.6 Å². The Morgan fingerprint density at radius 3 is 2.62 bits per heavy atom. The number of hydrogen-bond acceptors (Lipinski definition) is 5. The van der Waals surface area contributed by atoms with Gasteiger partial charge in [0.15, 0.2) is 0 Å². The second-order valence-electron chi connectivity index (χ2n) is 4.30. The zero-order chi connectivity index (χ0) is 15.4. The Hall–Kier alpha value is -3.20. The molecule has 6 heteroatoms. The van der Waals surface area contributed by atoms with Crippen LogP contribution in [0.4, 0.5) is 5.69 Å². The first-order valence-corrected chi connectivity index (χ1v) is 5.97. The van der Waals surface area contributed by atoms with E-state index in [0.717, 1.165) is 11.6 Å². The molecule has 0 unspecified atom stereocenters. The summed E-state index contributed by atoms with van der Waals surface area (Å²) in [6.45, 7) is 1.76. The number of hydrogen-bond donors (Lipinski definition) is 0. The summed E-state index contributed by atoms with van der Waals surface area (Å²) in [5, 5.41) is 19.8. The molecule has 0 aromatic heterocycles.